The summed E-state index contributed by atoms with van der Waals surface area (Å²) in [6.07, 6.45) is 0. The number of benzene rings is 2. The SMILES string of the molecule is COc1ccc(S(=O)(=O)Nc2cc(C)ccc2C)c(OC)c1. The van der Waals surface area contributed by atoms with Crippen LogP contribution in [0.1, 0.15) is 11.1 Å². The molecule has 0 radical (unpaired) electrons. The number of sulfonamides is 1. The smallest absolute Gasteiger partial charge is 0.265 e. The third-order valence-electron chi connectivity index (χ3n) is 3.30. The van der Waals surface area contributed by atoms with Gasteiger partial charge in [-0.25, -0.2) is 8.42 Å². The fourth-order valence-electron chi connectivity index (χ4n) is 2.04. The van der Waals surface area contributed by atoms with Gasteiger partial charge in [0.25, 0.3) is 10.0 Å². The molecule has 6 heteroatoms. The molecule has 0 aliphatic rings. The summed E-state index contributed by atoms with van der Waals surface area (Å²) in [5, 5.41) is 0. The molecule has 5 nitrogen and oxygen atoms in total. The number of methoxy groups -OCH3 is 2. The van der Waals surface area contributed by atoms with Crippen LogP contribution >= 0.6 is 0 Å². The summed E-state index contributed by atoms with van der Waals surface area (Å²) in [5.74, 6) is 0.764. The van der Waals surface area contributed by atoms with Gasteiger partial charge in [0.2, 0.25) is 0 Å². The van der Waals surface area contributed by atoms with E-state index in [1.165, 1.54) is 26.4 Å². The second-order valence-corrected chi connectivity index (χ2v) is 6.59. The van der Waals surface area contributed by atoms with Gasteiger partial charge in [-0.15, -0.1) is 0 Å². The average molecular weight is 321 g/mol. The molecule has 1 N–H and O–H groups in total. The van der Waals surface area contributed by atoms with Gasteiger partial charge in [-0.2, -0.15) is 0 Å². The minimum absolute atomic E-state index is 0.0664. The lowest BCUT2D eigenvalue weighted by molar-refractivity contribution is 0.386. The van der Waals surface area contributed by atoms with E-state index in [0.29, 0.717) is 11.4 Å². The van der Waals surface area contributed by atoms with Crippen LogP contribution in [0.25, 0.3) is 0 Å². The van der Waals surface area contributed by atoms with Gasteiger partial charge in [-0.3, -0.25) is 4.72 Å². The average Bonchev–Trinajstić information content (AvgIpc) is 2.50. The van der Waals surface area contributed by atoms with Crippen LogP contribution in [0, 0.1) is 13.8 Å². The highest BCUT2D eigenvalue weighted by Crippen LogP contribution is 2.30. The molecule has 0 saturated heterocycles. The van der Waals surface area contributed by atoms with Crippen LogP contribution in [0.4, 0.5) is 5.69 Å². The molecule has 0 aliphatic carbocycles. The number of nitrogens with one attached hydrogen (secondary N) is 1. The molecule has 2 aromatic rings. The normalized spacial score (nSPS) is 11.1. The number of aryl methyl sites for hydroxylation is 2. The third kappa shape index (κ3) is 3.33. The zero-order chi connectivity index (χ0) is 16.3. The molecule has 0 unspecified atom stereocenters. The van der Waals surface area contributed by atoms with Crippen LogP contribution in [0.15, 0.2) is 41.3 Å². The molecule has 0 amide bonds. The summed E-state index contributed by atoms with van der Waals surface area (Å²) >= 11 is 0. The zero-order valence-electron chi connectivity index (χ0n) is 13.0. The predicted molar refractivity (Wildman–Crippen MR) is 86.3 cm³/mol. The highest BCUT2D eigenvalue weighted by Gasteiger charge is 2.21. The topological polar surface area (TPSA) is 64.6 Å². The Morgan fingerprint density at radius 1 is 0.955 bits per heavy atom. The molecule has 0 spiro atoms. The third-order valence-corrected chi connectivity index (χ3v) is 4.70. The van der Waals surface area contributed by atoms with Crippen LogP contribution in [-0.4, -0.2) is 22.6 Å². The van der Waals surface area contributed by atoms with Crippen molar-refractivity contribution in [2.45, 2.75) is 18.7 Å². The summed E-state index contributed by atoms with van der Waals surface area (Å²) < 4.78 is 38.1. The molecule has 2 aromatic carbocycles. The van der Waals surface area contributed by atoms with Crippen molar-refractivity contribution in [3.8, 4) is 11.5 Å². The van der Waals surface area contributed by atoms with Crippen LogP contribution < -0.4 is 14.2 Å². The molecule has 0 heterocycles. The highest BCUT2D eigenvalue weighted by atomic mass is 32.2. The second kappa shape index (κ2) is 6.27. The van der Waals surface area contributed by atoms with Gasteiger partial charge in [0, 0.05) is 6.07 Å². The van der Waals surface area contributed by atoms with Crippen LogP contribution in [0.2, 0.25) is 0 Å². The molecular weight excluding hydrogens is 302 g/mol. The largest absolute Gasteiger partial charge is 0.497 e. The van der Waals surface area contributed by atoms with E-state index in [-0.39, 0.29) is 10.6 Å². The van der Waals surface area contributed by atoms with E-state index in [1.54, 1.807) is 12.1 Å². The fraction of sp³-hybridized carbons (Fsp3) is 0.250. The van der Waals surface area contributed by atoms with Crippen molar-refractivity contribution >= 4 is 15.7 Å². The van der Waals surface area contributed by atoms with Crippen molar-refractivity contribution in [2.24, 2.45) is 0 Å². The van der Waals surface area contributed by atoms with E-state index < -0.39 is 10.0 Å². The Labute approximate surface area is 130 Å². The van der Waals surface area contributed by atoms with Crippen molar-refractivity contribution in [1.29, 1.82) is 0 Å². The van der Waals surface area contributed by atoms with Gasteiger partial charge >= 0.3 is 0 Å². The lowest BCUT2D eigenvalue weighted by Crippen LogP contribution is -2.15. The molecular formula is C16H19NO4S. The van der Waals surface area contributed by atoms with E-state index in [0.717, 1.165) is 11.1 Å². The first-order valence-electron chi connectivity index (χ1n) is 6.69. The summed E-state index contributed by atoms with van der Waals surface area (Å²) in [4.78, 5) is 0.0664. The molecule has 22 heavy (non-hydrogen) atoms. The van der Waals surface area contributed by atoms with Crippen LogP contribution in [0.5, 0.6) is 11.5 Å². The maximum atomic E-state index is 12.6. The summed E-state index contributed by atoms with van der Waals surface area (Å²) in [7, 11) is -0.817. The molecule has 0 fully saturated rings. The van der Waals surface area contributed by atoms with Crippen molar-refractivity contribution in [2.75, 3.05) is 18.9 Å². The number of ether oxygens (including phenoxy) is 2. The number of rotatable bonds is 5. The monoisotopic (exact) mass is 321 g/mol. The van der Waals surface area contributed by atoms with Crippen LogP contribution in [0.3, 0.4) is 0 Å². The lowest BCUT2D eigenvalue weighted by atomic mass is 10.1. The molecule has 0 bridgehead atoms. The van der Waals surface area contributed by atoms with Gasteiger partial charge in [0.05, 0.1) is 19.9 Å². The van der Waals surface area contributed by atoms with Gasteiger partial charge < -0.3 is 9.47 Å². The van der Waals surface area contributed by atoms with Gasteiger partial charge in [0.1, 0.15) is 16.4 Å². The summed E-state index contributed by atoms with van der Waals surface area (Å²) in [6, 6.07) is 10.2. The van der Waals surface area contributed by atoms with Gasteiger partial charge in [-0.1, -0.05) is 12.1 Å². The summed E-state index contributed by atoms with van der Waals surface area (Å²) in [6.45, 7) is 3.76. The fourth-order valence-corrected chi connectivity index (χ4v) is 3.32. The minimum atomic E-state index is -3.75. The molecule has 0 aliphatic heterocycles. The Bertz CT molecular complexity index is 785. The molecule has 2 rings (SSSR count). The van der Waals surface area contributed by atoms with Crippen molar-refractivity contribution in [3.63, 3.8) is 0 Å². The number of hydrogen-bond donors (Lipinski definition) is 1. The van der Waals surface area contributed by atoms with Crippen molar-refractivity contribution in [1.82, 2.24) is 0 Å². The molecule has 118 valence electrons. The Morgan fingerprint density at radius 2 is 1.68 bits per heavy atom. The first kappa shape index (κ1) is 16.2. The molecule has 0 atom stereocenters. The molecule has 0 aromatic heterocycles. The van der Waals surface area contributed by atoms with E-state index in [2.05, 4.69) is 4.72 Å². The summed E-state index contributed by atoms with van der Waals surface area (Å²) in [5.41, 5.74) is 2.38. The highest BCUT2D eigenvalue weighted by molar-refractivity contribution is 7.92. The van der Waals surface area contributed by atoms with E-state index >= 15 is 0 Å². The standard InChI is InChI=1S/C16H19NO4S/c1-11-5-6-12(2)14(9-11)17-22(18,19)16-8-7-13(20-3)10-15(16)21-4/h5-10,17H,1-4H3. The van der Waals surface area contributed by atoms with Gasteiger partial charge in [-0.05, 0) is 43.2 Å². The zero-order valence-corrected chi connectivity index (χ0v) is 13.8. The predicted octanol–water partition coefficient (Wildman–Crippen LogP) is 3.12. The first-order valence-corrected chi connectivity index (χ1v) is 8.18. The second-order valence-electron chi connectivity index (χ2n) is 4.94. The Morgan fingerprint density at radius 3 is 2.32 bits per heavy atom. The van der Waals surface area contributed by atoms with Crippen molar-refractivity contribution < 1.29 is 17.9 Å². The van der Waals surface area contributed by atoms with Crippen molar-refractivity contribution in [3.05, 3.63) is 47.5 Å². The lowest BCUT2D eigenvalue weighted by Gasteiger charge is -2.14. The maximum absolute atomic E-state index is 12.6. The Balaban J connectivity index is 2.44. The Hall–Kier alpha value is -2.21. The van der Waals surface area contributed by atoms with Crippen LogP contribution in [-0.2, 0) is 10.0 Å². The van der Waals surface area contributed by atoms with E-state index in [9.17, 15) is 8.42 Å². The van der Waals surface area contributed by atoms with E-state index in [1.807, 2.05) is 26.0 Å². The minimum Gasteiger partial charge on any atom is -0.497 e. The van der Waals surface area contributed by atoms with Gasteiger partial charge in [0.15, 0.2) is 0 Å². The Kier molecular flexibility index (Phi) is 4.61. The molecule has 0 saturated carbocycles. The van der Waals surface area contributed by atoms with E-state index in [4.69, 9.17) is 9.47 Å². The number of anilines is 1. The maximum Gasteiger partial charge on any atom is 0.265 e. The quantitative estimate of drug-likeness (QED) is 0.919. The number of hydrogen-bond acceptors (Lipinski definition) is 4. The first-order chi connectivity index (χ1) is 10.4.